The van der Waals surface area contributed by atoms with Crippen molar-refractivity contribution in [1.82, 2.24) is 9.46 Å². The average Bonchev–Trinajstić information content (AvgIpc) is 3.47. The Kier molecular flexibility index (Phi) is 6.81. The first kappa shape index (κ1) is 25.4. The first-order chi connectivity index (χ1) is 17.7. The molecule has 2 aliphatic rings. The summed E-state index contributed by atoms with van der Waals surface area (Å²) in [5.41, 5.74) is 6.95. The number of fused-ring (bicyclic) bond motifs is 1. The highest BCUT2D eigenvalue weighted by atomic mass is 32.2. The molecule has 8 heteroatoms. The molecule has 0 aliphatic carbocycles. The van der Waals surface area contributed by atoms with E-state index in [1.807, 2.05) is 43.0 Å². The Bertz CT molecular complexity index is 1460. The molecule has 0 N–H and O–H groups in total. The van der Waals surface area contributed by atoms with Crippen LogP contribution in [0.2, 0.25) is 0 Å². The molecular formula is C29H33N3O4S. The number of amides is 1. The van der Waals surface area contributed by atoms with Gasteiger partial charge in [-0.2, -0.15) is 4.31 Å². The molecule has 5 rings (SSSR count). The fraction of sp³-hybridized carbons (Fsp3) is 0.379. The van der Waals surface area contributed by atoms with Gasteiger partial charge in [0.1, 0.15) is 5.69 Å². The van der Waals surface area contributed by atoms with E-state index in [2.05, 4.69) is 30.3 Å². The number of hydrogen-bond acceptors (Lipinski definition) is 5. The summed E-state index contributed by atoms with van der Waals surface area (Å²) in [6.45, 7) is 9.04. The SMILES string of the molecule is Cc1cc(C)c(C=Cc2onc(C)c2S(=O)(=O)N2CCC(C(=O)N3CCc4ccccc43)CC2)c(C)c1. The van der Waals surface area contributed by atoms with Crippen LogP contribution in [0.1, 0.15) is 52.1 Å². The third-order valence-electron chi connectivity index (χ3n) is 7.53. The van der Waals surface area contributed by atoms with Gasteiger partial charge in [-0.1, -0.05) is 47.1 Å². The number of nitrogens with zero attached hydrogens (tertiary/aromatic N) is 3. The molecule has 7 nitrogen and oxygen atoms in total. The van der Waals surface area contributed by atoms with Crippen LogP contribution in [0.25, 0.3) is 12.2 Å². The predicted octanol–water partition coefficient (Wildman–Crippen LogP) is 5.07. The van der Waals surface area contributed by atoms with Gasteiger partial charge in [0.2, 0.25) is 15.9 Å². The molecule has 3 heterocycles. The number of sulfonamides is 1. The largest absolute Gasteiger partial charge is 0.355 e. The molecule has 1 aromatic heterocycles. The van der Waals surface area contributed by atoms with E-state index in [9.17, 15) is 13.2 Å². The summed E-state index contributed by atoms with van der Waals surface area (Å²) < 4.78 is 34.3. The quantitative estimate of drug-likeness (QED) is 0.470. The third-order valence-corrected chi connectivity index (χ3v) is 9.58. The van der Waals surface area contributed by atoms with Crippen molar-refractivity contribution < 1.29 is 17.7 Å². The number of carbonyl (C=O) groups is 1. The molecule has 37 heavy (non-hydrogen) atoms. The fourth-order valence-electron chi connectivity index (χ4n) is 5.67. The van der Waals surface area contributed by atoms with Gasteiger partial charge in [0, 0.05) is 31.2 Å². The Morgan fingerprint density at radius 2 is 1.68 bits per heavy atom. The molecule has 1 saturated heterocycles. The monoisotopic (exact) mass is 519 g/mol. The number of carbonyl (C=O) groups excluding carboxylic acids is 1. The van der Waals surface area contributed by atoms with Gasteiger partial charge in [0.05, 0.1) is 0 Å². The molecule has 0 radical (unpaired) electrons. The van der Waals surface area contributed by atoms with Crippen LogP contribution < -0.4 is 4.90 Å². The van der Waals surface area contributed by atoms with Crippen molar-refractivity contribution in [1.29, 1.82) is 0 Å². The van der Waals surface area contributed by atoms with Crippen LogP contribution in [-0.2, 0) is 21.2 Å². The number of aromatic nitrogens is 1. The van der Waals surface area contributed by atoms with Gasteiger partial charge in [-0.15, -0.1) is 0 Å². The number of rotatable bonds is 5. The summed E-state index contributed by atoms with van der Waals surface area (Å²) in [4.78, 5) is 15.2. The zero-order valence-electron chi connectivity index (χ0n) is 21.8. The normalized spacial score (nSPS) is 17.0. The summed E-state index contributed by atoms with van der Waals surface area (Å²) in [6, 6.07) is 12.2. The van der Waals surface area contributed by atoms with Gasteiger partial charge in [-0.3, -0.25) is 4.79 Å². The van der Waals surface area contributed by atoms with E-state index >= 15 is 0 Å². The minimum absolute atomic E-state index is 0.0932. The fourth-order valence-corrected chi connectivity index (χ4v) is 7.39. The Hall–Kier alpha value is -3.23. The van der Waals surface area contributed by atoms with Crippen LogP contribution in [-0.4, -0.2) is 43.4 Å². The Labute approximate surface area is 218 Å². The standard InChI is InChI=1S/C29H33N3O4S/c1-19-17-20(2)25(21(3)18-19)9-10-27-28(22(4)30-36-27)37(34,35)31-14-11-24(12-15-31)29(33)32-16-13-23-7-5-6-8-26(23)32/h5-10,17-18,24H,11-16H2,1-4H3. The van der Waals surface area contributed by atoms with E-state index in [0.717, 1.165) is 28.8 Å². The number of anilines is 1. The highest BCUT2D eigenvalue weighted by molar-refractivity contribution is 7.89. The first-order valence-electron chi connectivity index (χ1n) is 12.8. The van der Waals surface area contributed by atoms with E-state index in [-0.39, 0.29) is 35.6 Å². The number of hydrogen-bond donors (Lipinski definition) is 0. The summed E-state index contributed by atoms with van der Waals surface area (Å²) in [5, 5.41) is 3.97. The molecule has 0 unspecified atom stereocenters. The lowest BCUT2D eigenvalue weighted by molar-refractivity contribution is -0.123. The number of aryl methyl sites for hydroxylation is 4. The number of benzene rings is 2. The van der Waals surface area contributed by atoms with E-state index in [0.29, 0.717) is 25.1 Å². The smallest absolute Gasteiger partial charge is 0.248 e. The number of para-hydroxylation sites is 1. The molecule has 1 fully saturated rings. The highest BCUT2D eigenvalue weighted by Gasteiger charge is 2.38. The summed E-state index contributed by atoms with van der Waals surface area (Å²) in [5.74, 6) is 0.132. The minimum atomic E-state index is -3.83. The molecule has 1 amide bonds. The van der Waals surface area contributed by atoms with E-state index in [1.54, 1.807) is 13.0 Å². The van der Waals surface area contributed by atoms with Crippen molar-refractivity contribution in [2.75, 3.05) is 24.5 Å². The molecule has 0 bridgehead atoms. The van der Waals surface area contributed by atoms with Gasteiger partial charge in [-0.25, -0.2) is 8.42 Å². The van der Waals surface area contributed by atoms with Crippen molar-refractivity contribution in [3.8, 4) is 0 Å². The molecule has 2 aromatic carbocycles. The van der Waals surface area contributed by atoms with Crippen LogP contribution in [0.15, 0.2) is 45.8 Å². The summed E-state index contributed by atoms with van der Waals surface area (Å²) in [6.07, 6.45) is 5.43. The van der Waals surface area contributed by atoms with Crippen LogP contribution in [0.5, 0.6) is 0 Å². The first-order valence-corrected chi connectivity index (χ1v) is 14.2. The Morgan fingerprint density at radius 1 is 1.00 bits per heavy atom. The second-order valence-corrected chi connectivity index (χ2v) is 12.0. The van der Waals surface area contributed by atoms with E-state index in [4.69, 9.17) is 4.52 Å². The van der Waals surface area contributed by atoms with Crippen LogP contribution >= 0.6 is 0 Å². The van der Waals surface area contributed by atoms with Crippen molar-refractivity contribution in [2.45, 2.75) is 51.9 Å². The van der Waals surface area contributed by atoms with E-state index in [1.165, 1.54) is 15.4 Å². The van der Waals surface area contributed by atoms with Gasteiger partial charge in [0.25, 0.3) is 0 Å². The second kappa shape index (κ2) is 9.91. The van der Waals surface area contributed by atoms with Crippen molar-refractivity contribution in [3.05, 3.63) is 75.7 Å². The lowest BCUT2D eigenvalue weighted by atomic mass is 9.96. The molecule has 0 saturated carbocycles. The van der Waals surface area contributed by atoms with Gasteiger partial charge < -0.3 is 9.42 Å². The topological polar surface area (TPSA) is 83.7 Å². The summed E-state index contributed by atoms with van der Waals surface area (Å²) in [7, 11) is -3.83. The summed E-state index contributed by atoms with van der Waals surface area (Å²) >= 11 is 0. The maximum Gasteiger partial charge on any atom is 0.248 e. The highest BCUT2D eigenvalue weighted by Crippen LogP contribution is 2.33. The van der Waals surface area contributed by atoms with Crippen LogP contribution in [0.4, 0.5) is 5.69 Å². The van der Waals surface area contributed by atoms with Crippen molar-refractivity contribution in [3.63, 3.8) is 0 Å². The van der Waals surface area contributed by atoms with Crippen LogP contribution in [0.3, 0.4) is 0 Å². The number of piperidine rings is 1. The molecular weight excluding hydrogens is 486 g/mol. The lowest BCUT2D eigenvalue weighted by Crippen LogP contribution is -2.44. The van der Waals surface area contributed by atoms with Gasteiger partial charge >= 0.3 is 0 Å². The maximum absolute atomic E-state index is 13.7. The maximum atomic E-state index is 13.7. The Morgan fingerprint density at radius 3 is 2.38 bits per heavy atom. The lowest BCUT2D eigenvalue weighted by Gasteiger charge is -2.32. The molecule has 0 atom stereocenters. The van der Waals surface area contributed by atoms with Crippen LogP contribution in [0, 0.1) is 33.6 Å². The van der Waals surface area contributed by atoms with E-state index < -0.39 is 10.0 Å². The average molecular weight is 520 g/mol. The molecule has 0 spiro atoms. The molecule has 194 valence electrons. The molecule has 3 aromatic rings. The predicted molar refractivity (Wildman–Crippen MR) is 145 cm³/mol. The van der Waals surface area contributed by atoms with Gasteiger partial charge in [0.15, 0.2) is 10.7 Å². The zero-order valence-corrected chi connectivity index (χ0v) is 22.6. The van der Waals surface area contributed by atoms with Crippen molar-refractivity contribution >= 4 is 33.8 Å². The van der Waals surface area contributed by atoms with Crippen molar-refractivity contribution in [2.24, 2.45) is 5.92 Å². The minimum Gasteiger partial charge on any atom is -0.355 e. The van der Waals surface area contributed by atoms with Gasteiger partial charge in [-0.05, 0) is 81.4 Å². The Balaban J connectivity index is 1.32. The zero-order chi connectivity index (χ0) is 26.3. The molecule has 2 aliphatic heterocycles. The second-order valence-electron chi connectivity index (χ2n) is 10.2. The third kappa shape index (κ3) is 4.76.